The van der Waals surface area contributed by atoms with Crippen LogP contribution in [0, 0.1) is 0 Å². The molecular weight excluding hydrogens is 304 g/mol. The summed E-state index contributed by atoms with van der Waals surface area (Å²) in [5.41, 5.74) is -4.08. The summed E-state index contributed by atoms with van der Waals surface area (Å²) in [6.45, 7) is 1.50. The van der Waals surface area contributed by atoms with E-state index < -0.39 is 41.3 Å². The number of fused-ring (bicyclic) bond motifs is 2. The Bertz CT molecular complexity index is 729. The monoisotopic (exact) mass is 320 g/mol. The highest BCUT2D eigenvalue weighted by molar-refractivity contribution is 6.09. The summed E-state index contributed by atoms with van der Waals surface area (Å²) in [5.74, 6) is -1.79. The van der Waals surface area contributed by atoms with E-state index in [0.717, 1.165) is 0 Å². The molecule has 2 bridgehead atoms. The Labute approximate surface area is 131 Å². The number of rotatable bonds is 0. The minimum Gasteiger partial charge on any atom is -0.507 e. The lowest BCUT2D eigenvalue weighted by atomic mass is 9.60. The number of carbonyl (C=O) groups excluding carboxylic acids is 2. The van der Waals surface area contributed by atoms with Crippen LogP contribution in [-0.2, 0) is 14.3 Å². The number of hydrogen-bond acceptors (Lipinski definition) is 7. The third-order valence-electron chi connectivity index (χ3n) is 5.24. The second kappa shape index (κ2) is 4.31. The number of benzene rings is 1. The summed E-state index contributed by atoms with van der Waals surface area (Å²) in [7, 11) is 0. The Morgan fingerprint density at radius 1 is 1.30 bits per heavy atom. The van der Waals surface area contributed by atoms with Crippen molar-refractivity contribution < 1.29 is 34.4 Å². The molecule has 1 spiro atoms. The van der Waals surface area contributed by atoms with Crippen LogP contribution in [0.2, 0.25) is 0 Å². The second-order valence-corrected chi connectivity index (χ2v) is 6.41. The fourth-order valence-electron chi connectivity index (χ4n) is 4.17. The van der Waals surface area contributed by atoms with Crippen molar-refractivity contribution in [3.8, 4) is 5.75 Å². The van der Waals surface area contributed by atoms with E-state index in [0.29, 0.717) is 0 Å². The molecule has 0 unspecified atom stereocenters. The van der Waals surface area contributed by atoms with Crippen molar-refractivity contribution in [1.82, 2.24) is 0 Å². The molecule has 4 rings (SSSR count). The van der Waals surface area contributed by atoms with Gasteiger partial charge in [0, 0.05) is 6.42 Å². The molecule has 0 saturated carbocycles. The molecule has 1 aliphatic carbocycles. The van der Waals surface area contributed by atoms with Crippen LogP contribution in [0.3, 0.4) is 0 Å². The lowest BCUT2D eigenvalue weighted by molar-refractivity contribution is -0.302. The highest BCUT2D eigenvalue weighted by atomic mass is 16.6. The Morgan fingerprint density at radius 3 is 2.78 bits per heavy atom. The Hall–Kier alpha value is -1.96. The summed E-state index contributed by atoms with van der Waals surface area (Å²) < 4.78 is 11.0. The normalized spacial score (nSPS) is 41.8. The summed E-state index contributed by atoms with van der Waals surface area (Å²) in [4.78, 5) is 24.9. The van der Waals surface area contributed by atoms with Crippen LogP contribution in [0.5, 0.6) is 5.75 Å². The SMILES string of the molecule is C[C@@H]1O[C@H]2CC(=O)O[C@@]3(C2)[C@H](O)c2cccc(O)c2C(=O)[C@@]13O. The third kappa shape index (κ3) is 1.54. The van der Waals surface area contributed by atoms with Crippen LogP contribution >= 0.6 is 0 Å². The van der Waals surface area contributed by atoms with E-state index >= 15 is 0 Å². The van der Waals surface area contributed by atoms with Gasteiger partial charge in [-0.05, 0) is 18.6 Å². The van der Waals surface area contributed by atoms with Gasteiger partial charge < -0.3 is 24.8 Å². The first-order chi connectivity index (χ1) is 10.8. The van der Waals surface area contributed by atoms with Gasteiger partial charge in [-0.3, -0.25) is 9.59 Å². The van der Waals surface area contributed by atoms with E-state index in [9.17, 15) is 24.9 Å². The molecule has 3 N–H and O–H groups in total. The van der Waals surface area contributed by atoms with Gasteiger partial charge in [0.2, 0.25) is 5.78 Å². The average Bonchev–Trinajstić information content (AvgIpc) is 2.49. The lowest BCUT2D eigenvalue weighted by Crippen LogP contribution is -2.76. The molecule has 3 aliphatic rings. The molecule has 0 aromatic heterocycles. The zero-order chi connectivity index (χ0) is 16.6. The Morgan fingerprint density at radius 2 is 2.04 bits per heavy atom. The molecule has 5 atom stereocenters. The predicted octanol–water partition coefficient (Wildman–Crippen LogP) is 0.216. The maximum atomic E-state index is 13.0. The molecule has 0 radical (unpaired) electrons. The van der Waals surface area contributed by atoms with Gasteiger partial charge in [-0.2, -0.15) is 0 Å². The van der Waals surface area contributed by atoms with Crippen molar-refractivity contribution in [2.45, 2.75) is 49.3 Å². The number of aliphatic hydroxyl groups excluding tert-OH is 1. The smallest absolute Gasteiger partial charge is 0.309 e. The number of aliphatic hydroxyl groups is 2. The van der Waals surface area contributed by atoms with Gasteiger partial charge in [-0.15, -0.1) is 0 Å². The molecule has 1 aromatic rings. The fraction of sp³-hybridized carbons (Fsp3) is 0.500. The number of esters is 1. The van der Waals surface area contributed by atoms with Crippen molar-refractivity contribution in [3.05, 3.63) is 29.3 Å². The van der Waals surface area contributed by atoms with Crippen molar-refractivity contribution in [3.63, 3.8) is 0 Å². The number of ether oxygens (including phenoxy) is 2. The van der Waals surface area contributed by atoms with E-state index in [-0.39, 0.29) is 29.7 Å². The zero-order valence-electron chi connectivity index (χ0n) is 12.4. The number of aromatic hydroxyl groups is 1. The van der Waals surface area contributed by atoms with Gasteiger partial charge in [0.05, 0.1) is 24.2 Å². The molecular formula is C16H16O7. The van der Waals surface area contributed by atoms with Crippen LogP contribution < -0.4 is 0 Å². The number of phenols is 1. The maximum absolute atomic E-state index is 13.0. The summed E-state index contributed by atoms with van der Waals surface area (Å²) in [6, 6.07) is 4.26. The standard InChI is InChI=1S/C16H16O7/c1-7-16(21)14(20)12-9(3-2-4-10(12)17)13(19)15(16)6-8(22-7)5-11(18)23-15/h2-4,7-8,13,17,19,21H,5-6H2,1H3/t7-,8-,13+,15-,16-/m0/s1. The third-order valence-corrected chi connectivity index (χ3v) is 5.24. The van der Waals surface area contributed by atoms with Crippen LogP contribution in [0.15, 0.2) is 18.2 Å². The van der Waals surface area contributed by atoms with Crippen molar-refractivity contribution in [2.75, 3.05) is 0 Å². The molecule has 2 aliphatic heterocycles. The van der Waals surface area contributed by atoms with Gasteiger partial charge in [-0.1, -0.05) is 12.1 Å². The van der Waals surface area contributed by atoms with E-state index in [1.165, 1.54) is 25.1 Å². The number of ketones is 1. The first kappa shape index (κ1) is 14.6. The molecule has 7 heteroatoms. The molecule has 122 valence electrons. The molecule has 7 nitrogen and oxygen atoms in total. The van der Waals surface area contributed by atoms with E-state index in [2.05, 4.69) is 0 Å². The summed E-state index contributed by atoms with van der Waals surface area (Å²) in [5, 5.41) is 32.0. The van der Waals surface area contributed by atoms with Crippen LogP contribution in [0.1, 0.15) is 41.8 Å². The van der Waals surface area contributed by atoms with Gasteiger partial charge in [0.25, 0.3) is 0 Å². The minimum absolute atomic E-state index is 0.00990. The number of hydrogen-bond donors (Lipinski definition) is 3. The van der Waals surface area contributed by atoms with Crippen molar-refractivity contribution in [2.24, 2.45) is 0 Å². The predicted molar refractivity (Wildman–Crippen MR) is 74.7 cm³/mol. The first-order valence-electron chi connectivity index (χ1n) is 7.45. The summed E-state index contributed by atoms with van der Waals surface area (Å²) >= 11 is 0. The van der Waals surface area contributed by atoms with Crippen molar-refractivity contribution >= 4 is 11.8 Å². The van der Waals surface area contributed by atoms with E-state index in [1.807, 2.05) is 0 Å². The fourth-order valence-corrected chi connectivity index (χ4v) is 4.17. The Kier molecular flexibility index (Phi) is 2.74. The van der Waals surface area contributed by atoms with E-state index in [1.54, 1.807) is 0 Å². The van der Waals surface area contributed by atoms with Gasteiger partial charge in [0.1, 0.15) is 11.9 Å². The number of carbonyl (C=O) groups is 2. The molecule has 0 amide bonds. The van der Waals surface area contributed by atoms with Crippen molar-refractivity contribution in [1.29, 1.82) is 0 Å². The van der Waals surface area contributed by atoms with Gasteiger partial charge >= 0.3 is 5.97 Å². The topological polar surface area (TPSA) is 113 Å². The second-order valence-electron chi connectivity index (χ2n) is 6.41. The van der Waals surface area contributed by atoms with Gasteiger partial charge in [0.15, 0.2) is 11.2 Å². The van der Waals surface area contributed by atoms with Crippen LogP contribution in [0.4, 0.5) is 0 Å². The maximum Gasteiger partial charge on any atom is 0.309 e. The average molecular weight is 320 g/mol. The highest BCUT2D eigenvalue weighted by Crippen LogP contribution is 2.56. The van der Waals surface area contributed by atoms with E-state index in [4.69, 9.17) is 9.47 Å². The van der Waals surface area contributed by atoms with Gasteiger partial charge in [-0.25, -0.2) is 0 Å². The molecule has 2 fully saturated rings. The highest BCUT2D eigenvalue weighted by Gasteiger charge is 2.73. The molecule has 23 heavy (non-hydrogen) atoms. The summed E-state index contributed by atoms with van der Waals surface area (Å²) in [6.07, 6.45) is -2.94. The quantitative estimate of drug-likeness (QED) is 0.586. The zero-order valence-corrected chi connectivity index (χ0v) is 12.4. The Balaban J connectivity index is 2.01. The van der Waals surface area contributed by atoms with Crippen LogP contribution in [-0.4, -0.2) is 50.5 Å². The number of Topliss-reactive ketones (excluding diaryl/α,β-unsaturated/α-hetero) is 1. The minimum atomic E-state index is -2.26. The molecule has 1 aromatic carbocycles. The number of phenolic OH excluding ortho intramolecular Hbond substituents is 1. The lowest BCUT2D eigenvalue weighted by Gasteiger charge is -2.59. The molecule has 2 heterocycles. The largest absolute Gasteiger partial charge is 0.507 e. The first-order valence-corrected chi connectivity index (χ1v) is 7.45. The molecule has 2 saturated heterocycles. The van der Waals surface area contributed by atoms with Crippen LogP contribution in [0.25, 0.3) is 0 Å².